The van der Waals surface area contributed by atoms with Crippen molar-refractivity contribution in [1.29, 1.82) is 0 Å². The first-order chi connectivity index (χ1) is 8.28. The molecule has 3 nitrogen and oxygen atoms in total. The van der Waals surface area contributed by atoms with Gasteiger partial charge in [-0.15, -0.1) is 0 Å². The maximum absolute atomic E-state index is 4.25. The molecule has 1 saturated carbocycles. The predicted molar refractivity (Wildman–Crippen MR) is 73.5 cm³/mol. The number of anilines is 2. The van der Waals surface area contributed by atoms with Crippen molar-refractivity contribution in [2.24, 2.45) is 5.41 Å². The van der Waals surface area contributed by atoms with Gasteiger partial charge >= 0.3 is 0 Å². The first-order valence-electron chi connectivity index (χ1n) is 6.71. The number of nitrogens with one attached hydrogen (secondary N) is 2. The molecule has 94 valence electrons. The molecule has 0 amide bonds. The fourth-order valence-corrected chi connectivity index (χ4v) is 2.46. The highest BCUT2D eigenvalue weighted by atomic mass is 14.9. The molecule has 1 aromatic rings. The fourth-order valence-electron chi connectivity index (χ4n) is 2.46. The highest BCUT2D eigenvalue weighted by Crippen LogP contribution is 2.43. The number of pyridine rings is 1. The van der Waals surface area contributed by atoms with E-state index in [1.165, 1.54) is 25.7 Å². The Labute approximate surface area is 104 Å². The molecular weight excluding hydrogens is 210 g/mol. The van der Waals surface area contributed by atoms with E-state index in [9.17, 15) is 0 Å². The second-order valence-electron chi connectivity index (χ2n) is 5.05. The Morgan fingerprint density at radius 2 is 1.88 bits per heavy atom. The van der Waals surface area contributed by atoms with Crippen LogP contribution in [-0.2, 0) is 0 Å². The van der Waals surface area contributed by atoms with Gasteiger partial charge in [-0.3, -0.25) is 4.98 Å². The molecule has 2 N–H and O–H groups in total. The zero-order valence-electron chi connectivity index (χ0n) is 10.9. The van der Waals surface area contributed by atoms with Crippen LogP contribution in [0.4, 0.5) is 11.4 Å². The summed E-state index contributed by atoms with van der Waals surface area (Å²) in [6, 6.07) is 2.14. The van der Waals surface area contributed by atoms with Crippen molar-refractivity contribution in [2.75, 3.05) is 23.7 Å². The van der Waals surface area contributed by atoms with Gasteiger partial charge in [-0.2, -0.15) is 0 Å². The molecule has 3 heteroatoms. The lowest BCUT2D eigenvalue weighted by Gasteiger charge is -2.41. The van der Waals surface area contributed by atoms with Crippen LogP contribution < -0.4 is 10.6 Å². The molecule has 0 aromatic carbocycles. The van der Waals surface area contributed by atoms with Crippen LogP contribution >= 0.6 is 0 Å². The normalized spacial score (nSPS) is 17.3. The average Bonchev–Trinajstić information content (AvgIpc) is 2.29. The number of hydrogen-bond acceptors (Lipinski definition) is 3. The molecule has 2 rings (SSSR count). The van der Waals surface area contributed by atoms with Crippen molar-refractivity contribution in [3.63, 3.8) is 0 Å². The Bertz CT molecular complexity index is 353. The van der Waals surface area contributed by atoms with Crippen molar-refractivity contribution in [3.05, 3.63) is 18.5 Å². The van der Waals surface area contributed by atoms with Gasteiger partial charge < -0.3 is 10.6 Å². The Balaban J connectivity index is 1.92. The molecule has 0 unspecified atom stereocenters. The molecule has 1 aliphatic rings. The van der Waals surface area contributed by atoms with E-state index >= 15 is 0 Å². The van der Waals surface area contributed by atoms with Gasteiger partial charge in [0.15, 0.2) is 0 Å². The standard InChI is InChI=1S/C14H23N3/c1-3-14(6-5-7-14)11-17-13-8-12(16-4-2)9-15-10-13/h8-10,16-17H,3-7,11H2,1-2H3. The summed E-state index contributed by atoms with van der Waals surface area (Å²) in [6.07, 6.45) is 9.19. The van der Waals surface area contributed by atoms with Crippen molar-refractivity contribution in [2.45, 2.75) is 39.5 Å². The highest BCUT2D eigenvalue weighted by Gasteiger charge is 2.34. The molecule has 0 saturated heterocycles. The zero-order chi connectivity index (χ0) is 12.1. The molecule has 0 radical (unpaired) electrons. The second kappa shape index (κ2) is 5.39. The van der Waals surface area contributed by atoms with Crippen LogP contribution in [0.25, 0.3) is 0 Å². The minimum Gasteiger partial charge on any atom is -0.384 e. The molecule has 1 fully saturated rings. The van der Waals surface area contributed by atoms with Gasteiger partial charge in [0.1, 0.15) is 0 Å². The maximum Gasteiger partial charge on any atom is 0.0547 e. The lowest BCUT2D eigenvalue weighted by molar-refractivity contribution is 0.145. The van der Waals surface area contributed by atoms with Gasteiger partial charge in [0.25, 0.3) is 0 Å². The summed E-state index contributed by atoms with van der Waals surface area (Å²) < 4.78 is 0. The quantitative estimate of drug-likeness (QED) is 0.789. The van der Waals surface area contributed by atoms with Gasteiger partial charge in [-0.05, 0) is 37.7 Å². The summed E-state index contributed by atoms with van der Waals surface area (Å²) in [6.45, 7) is 6.42. The molecular formula is C14H23N3. The fraction of sp³-hybridized carbons (Fsp3) is 0.643. The van der Waals surface area contributed by atoms with E-state index in [0.29, 0.717) is 5.41 Å². The lowest BCUT2D eigenvalue weighted by atomic mass is 9.67. The van der Waals surface area contributed by atoms with Gasteiger partial charge in [0, 0.05) is 13.1 Å². The van der Waals surface area contributed by atoms with Crippen molar-refractivity contribution >= 4 is 11.4 Å². The van der Waals surface area contributed by atoms with Crippen LogP contribution in [0.15, 0.2) is 18.5 Å². The summed E-state index contributed by atoms with van der Waals surface area (Å²) in [4.78, 5) is 4.25. The largest absolute Gasteiger partial charge is 0.384 e. The van der Waals surface area contributed by atoms with Gasteiger partial charge in [0.2, 0.25) is 0 Å². The SMILES string of the molecule is CCNc1cncc(NCC2(CC)CCC2)c1. The topological polar surface area (TPSA) is 37.0 Å². The van der Waals surface area contributed by atoms with Crippen LogP contribution in [0.3, 0.4) is 0 Å². The van der Waals surface area contributed by atoms with Crippen LogP contribution in [-0.4, -0.2) is 18.1 Å². The van der Waals surface area contributed by atoms with Crippen LogP contribution in [0, 0.1) is 5.41 Å². The van der Waals surface area contributed by atoms with E-state index in [2.05, 4.69) is 35.5 Å². The Hall–Kier alpha value is -1.25. The van der Waals surface area contributed by atoms with Gasteiger partial charge in [-0.25, -0.2) is 0 Å². The third kappa shape index (κ3) is 2.90. The van der Waals surface area contributed by atoms with E-state index in [1.807, 2.05) is 12.4 Å². The summed E-state index contributed by atoms with van der Waals surface area (Å²) in [5, 5.41) is 6.82. The van der Waals surface area contributed by atoms with Crippen LogP contribution in [0.1, 0.15) is 39.5 Å². The minimum absolute atomic E-state index is 0.550. The highest BCUT2D eigenvalue weighted by molar-refractivity contribution is 5.54. The molecule has 1 heterocycles. The van der Waals surface area contributed by atoms with Crippen molar-refractivity contribution in [1.82, 2.24) is 4.98 Å². The predicted octanol–water partition coefficient (Wildman–Crippen LogP) is 3.51. The summed E-state index contributed by atoms with van der Waals surface area (Å²) in [7, 11) is 0. The molecule has 1 aliphatic carbocycles. The summed E-state index contributed by atoms with van der Waals surface area (Å²) >= 11 is 0. The number of rotatable bonds is 6. The zero-order valence-corrected chi connectivity index (χ0v) is 10.9. The second-order valence-corrected chi connectivity index (χ2v) is 5.05. The Morgan fingerprint density at radius 3 is 2.41 bits per heavy atom. The third-order valence-electron chi connectivity index (χ3n) is 3.95. The minimum atomic E-state index is 0.550. The molecule has 1 aromatic heterocycles. The number of aromatic nitrogens is 1. The maximum atomic E-state index is 4.25. The van der Waals surface area contributed by atoms with Crippen molar-refractivity contribution < 1.29 is 0 Å². The van der Waals surface area contributed by atoms with E-state index in [4.69, 9.17) is 0 Å². The first-order valence-corrected chi connectivity index (χ1v) is 6.71. The van der Waals surface area contributed by atoms with Gasteiger partial charge in [0.05, 0.1) is 23.8 Å². The number of hydrogen-bond donors (Lipinski definition) is 2. The molecule has 17 heavy (non-hydrogen) atoms. The average molecular weight is 233 g/mol. The van der Waals surface area contributed by atoms with Crippen LogP contribution in [0.5, 0.6) is 0 Å². The third-order valence-corrected chi connectivity index (χ3v) is 3.95. The summed E-state index contributed by atoms with van der Waals surface area (Å²) in [5.74, 6) is 0. The monoisotopic (exact) mass is 233 g/mol. The lowest BCUT2D eigenvalue weighted by Crippen LogP contribution is -2.35. The molecule has 0 spiro atoms. The Kier molecular flexibility index (Phi) is 3.87. The van der Waals surface area contributed by atoms with E-state index in [1.54, 1.807) is 0 Å². The first kappa shape index (κ1) is 12.2. The van der Waals surface area contributed by atoms with Crippen LogP contribution in [0.2, 0.25) is 0 Å². The molecule has 0 atom stereocenters. The van der Waals surface area contributed by atoms with E-state index in [0.717, 1.165) is 24.5 Å². The van der Waals surface area contributed by atoms with Crippen molar-refractivity contribution in [3.8, 4) is 0 Å². The van der Waals surface area contributed by atoms with E-state index < -0.39 is 0 Å². The van der Waals surface area contributed by atoms with E-state index in [-0.39, 0.29) is 0 Å². The number of nitrogens with zero attached hydrogens (tertiary/aromatic N) is 1. The Morgan fingerprint density at radius 1 is 1.18 bits per heavy atom. The molecule has 0 bridgehead atoms. The smallest absolute Gasteiger partial charge is 0.0547 e. The summed E-state index contributed by atoms with van der Waals surface area (Å²) in [5.41, 5.74) is 2.77. The van der Waals surface area contributed by atoms with Gasteiger partial charge in [-0.1, -0.05) is 13.3 Å². The molecule has 0 aliphatic heterocycles.